The molecule has 0 aromatic heterocycles. The molecule has 0 amide bonds. The molecule has 3 atom stereocenters. The van der Waals surface area contributed by atoms with E-state index in [1.807, 2.05) is 6.07 Å². The number of methoxy groups -OCH3 is 2. The lowest BCUT2D eigenvalue weighted by molar-refractivity contribution is -0.162. The summed E-state index contributed by atoms with van der Waals surface area (Å²) < 4.78 is 22.6. The number of hydrogen-bond donors (Lipinski definition) is 0. The van der Waals surface area contributed by atoms with Crippen molar-refractivity contribution in [2.24, 2.45) is 0 Å². The van der Waals surface area contributed by atoms with Gasteiger partial charge in [0.1, 0.15) is 18.0 Å². The van der Waals surface area contributed by atoms with Crippen LogP contribution < -0.4 is 4.74 Å². The maximum absolute atomic E-state index is 5.98. The fourth-order valence-electron chi connectivity index (χ4n) is 2.78. The molecule has 0 N–H and O–H groups in total. The van der Waals surface area contributed by atoms with Crippen molar-refractivity contribution in [3.8, 4) is 5.75 Å². The number of ether oxygens (including phenoxy) is 4. The molecule has 2 aliphatic heterocycles. The second-order valence-corrected chi connectivity index (χ2v) is 5.31. The fraction of sp³-hybridized carbons (Fsp3) is 0.500. The predicted molar refractivity (Wildman–Crippen MR) is 74.9 cm³/mol. The third kappa shape index (κ3) is 2.46. The average Bonchev–Trinajstić information content (AvgIpc) is 2.45. The average molecular weight is 276 g/mol. The molecule has 0 unspecified atom stereocenters. The third-order valence-electron chi connectivity index (χ3n) is 3.79. The van der Waals surface area contributed by atoms with E-state index in [4.69, 9.17) is 18.9 Å². The van der Waals surface area contributed by atoms with Gasteiger partial charge >= 0.3 is 0 Å². The molecule has 0 spiro atoms. The maximum atomic E-state index is 5.98. The van der Waals surface area contributed by atoms with Gasteiger partial charge in [0.2, 0.25) is 6.29 Å². The molecule has 0 fully saturated rings. The van der Waals surface area contributed by atoms with Crippen molar-refractivity contribution in [3.63, 3.8) is 0 Å². The van der Waals surface area contributed by atoms with E-state index in [1.165, 1.54) is 11.1 Å². The van der Waals surface area contributed by atoms with Crippen molar-refractivity contribution in [1.82, 2.24) is 0 Å². The zero-order chi connectivity index (χ0) is 14.1. The van der Waals surface area contributed by atoms with Gasteiger partial charge in [-0.3, -0.25) is 0 Å². The molecule has 3 rings (SSSR count). The molecule has 2 aliphatic rings. The first-order valence-corrected chi connectivity index (χ1v) is 6.85. The van der Waals surface area contributed by atoms with E-state index < -0.39 is 0 Å². The Hall–Kier alpha value is -1.36. The summed E-state index contributed by atoms with van der Waals surface area (Å²) in [6, 6.07) is 6.23. The van der Waals surface area contributed by atoms with Gasteiger partial charge in [-0.1, -0.05) is 17.7 Å². The van der Waals surface area contributed by atoms with Gasteiger partial charge in [0.15, 0.2) is 0 Å². The summed E-state index contributed by atoms with van der Waals surface area (Å²) in [5, 5.41) is 0. The van der Waals surface area contributed by atoms with Gasteiger partial charge in [-0.05, 0) is 24.6 Å². The van der Waals surface area contributed by atoms with Gasteiger partial charge < -0.3 is 18.9 Å². The minimum absolute atomic E-state index is 0.0869. The molecule has 1 aromatic carbocycles. The van der Waals surface area contributed by atoms with Crippen LogP contribution in [0.2, 0.25) is 0 Å². The SMILES string of the molecule is COC[C@H]1O[C@@H]2Oc3ccc(C)cc3CC2=C[C@H]1OC. The van der Waals surface area contributed by atoms with Gasteiger partial charge in [0, 0.05) is 26.2 Å². The van der Waals surface area contributed by atoms with E-state index in [-0.39, 0.29) is 18.5 Å². The van der Waals surface area contributed by atoms with E-state index in [0.717, 1.165) is 17.7 Å². The Morgan fingerprint density at radius 1 is 1.30 bits per heavy atom. The van der Waals surface area contributed by atoms with Crippen LogP contribution in [-0.4, -0.2) is 39.3 Å². The summed E-state index contributed by atoms with van der Waals surface area (Å²) in [5.74, 6) is 0.907. The van der Waals surface area contributed by atoms with Crippen molar-refractivity contribution in [1.29, 1.82) is 0 Å². The first-order chi connectivity index (χ1) is 9.71. The van der Waals surface area contributed by atoms with Crippen LogP contribution in [0.5, 0.6) is 5.75 Å². The lowest BCUT2D eigenvalue weighted by Crippen LogP contribution is -2.45. The fourth-order valence-corrected chi connectivity index (χ4v) is 2.78. The van der Waals surface area contributed by atoms with E-state index in [1.54, 1.807) is 14.2 Å². The molecular weight excluding hydrogens is 256 g/mol. The number of aryl methyl sites for hydroxylation is 1. The van der Waals surface area contributed by atoms with Crippen LogP contribution in [0, 0.1) is 6.92 Å². The van der Waals surface area contributed by atoms with Gasteiger partial charge in [0.25, 0.3) is 0 Å². The zero-order valence-corrected chi connectivity index (χ0v) is 12.1. The second-order valence-electron chi connectivity index (χ2n) is 5.31. The quantitative estimate of drug-likeness (QED) is 0.793. The summed E-state index contributed by atoms with van der Waals surface area (Å²) in [7, 11) is 3.35. The minimum Gasteiger partial charge on any atom is -0.461 e. The van der Waals surface area contributed by atoms with Gasteiger partial charge in [-0.25, -0.2) is 0 Å². The monoisotopic (exact) mass is 276 g/mol. The summed E-state index contributed by atoms with van der Waals surface area (Å²) in [4.78, 5) is 0. The number of fused-ring (bicyclic) bond motifs is 2. The predicted octanol–water partition coefficient (Wildman–Crippen LogP) is 2.24. The highest BCUT2D eigenvalue weighted by molar-refractivity contribution is 5.43. The molecule has 4 heteroatoms. The lowest BCUT2D eigenvalue weighted by Gasteiger charge is -2.37. The van der Waals surface area contributed by atoms with Gasteiger partial charge in [-0.2, -0.15) is 0 Å². The third-order valence-corrected chi connectivity index (χ3v) is 3.79. The standard InChI is InChI=1S/C16H20O4/c1-10-4-5-13-11(6-10)7-12-8-14(18-3)15(9-17-2)20-16(12)19-13/h4-6,8,14-16H,7,9H2,1-3H3/t14-,15-,16+/m1/s1. The highest BCUT2D eigenvalue weighted by atomic mass is 16.7. The Morgan fingerprint density at radius 3 is 2.90 bits per heavy atom. The van der Waals surface area contributed by atoms with Crippen LogP contribution in [0.1, 0.15) is 11.1 Å². The molecule has 0 bridgehead atoms. The van der Waals surface area contributed by atoms with Crippen LogP contribution in [0.15, 0.2) is 29.8 Å². The molecule has 0 saturated carbocycles. The largest absolute Gasteiger partial charge is 0.461 e. The summed E-state index contributed by atoms with van der Waals surface area (Å²) >= 11 is 0. The van der Waals surface area contributed by atoms with Crippen LogP contribution in [-0.2, 0) is 20.6 Å². The van der Waals surface area contributed by atoms with Crippen molar-refractivity contribution in [3.05, 3.63) is 41.0 Å². The first-order valence-electron chi connectivity index (χ1n) is 6.85. The molecule has 0 saturated heterocycles. The molecule has 2 heterocycles. The molecule has 0 radical (unpaired) electrons. The topological polar surface area (TPSA) is 36.9 Å². The Bertz CT molecular complexity index is 523. The Morgan fingerprint density at radius 2 is 2.15 bits per heavy atom. The van der Waals surface area contributed by atoms with Crippen molar-refractivity contribution < 1.29 is 18.9 Å². The Labute approximate surface area is 119 Å². The highest BCUT2D eigenvalue weighted by Gasteiger charge is 2.36. The van der Waals surface area contributed by atoms with Crippen LogP contribution in [0.4, 0.5) is 0 Å². The minimum atomic E-state index is -0.322. The Kier molecular flexibility index (Phi) is 3.78. The summed E-state index contributed by atoms with van der Waals surface area (Å²) in [5.41, 5.74) is 3.57. The Balaban J connectivity index is 1.88. The molecule has 0 aliphatic carbocycles. The molecule has 108 valence electrons. The van der Waals surface area contributed by atoms with E-state index in [0.29, 0.717) is 6.61 Å². The molecule has 20 heavy (non-hydrogen) atoms. The van der Waals surface area contributed by atoms with Crippen LogP contribution in [0.25, 0.3) is 0 Å². The van der Waals surface area contributed by atoms with E-state index >= 15 is 0 Å². The zero-order valence-electron chi connectivity index (χ0n) is 12.1. The maximum Gasteiger partial charge on any atom is 0.223 e. The van der Waals surface area contributed by atoms with E-state index in [2.05, 4.69) is 25.1 Å². The molecular formula is C16H20O4. The summed E-state index contributed by atoms with van der Waals surface area (Å²) in [6.45, 7) is 2.58. The van der Waals surface area contributed by atoms with Crippen LogP contribution >= 0.6 is 0 Å². The first kappa shape index (κ1) is 13.6. The normalized spacial score (nSPS) is 28.1. The summed E-state index contributed by atoms with van der Waals surface area (Å²) in [6.07, 6.45) is 2.42. The number of hydrogen-bond acceptors (Lipinski definition) is 4. The smallest absolute Gasteiger partial charge is 0.223 e. The van der Waals surface area contributed by atoms with Crippen molar-refractivity contribution in [2.45, 2.75) is 31.8 Å². The van der Waals surface area contributed by atoms with Crippen molar-refractivity contribution in [2.75, 3.05) is 20.8 Å². The molecule has 1 aromatic rings. The van der Waals surface area contributed by atoms with Gasteiger partial charge in [0.05, 0.1) is 6.61 Å². The number of benzene rings is 1. The number of rotatable bonds is 3. The second kappa shape index (κ2) is 5.56. The molecule has 4 nitrogen and oxygen atoms in total. The van der Waals surface area contributed by atoms with Crippen molar-refractivity contribution >= 4 is 0 Å². The van der Waals surface area contributed by atoms with Crippen LogP contribution in [0.3, 0.4) is 0 Å². The van der Waals surface area contributed by atoms with Gasteiger partial charge in [-0.15, -0.1) is 0 Å². The highest BCUT2D eigenvalue weighted by Crippen LogP contribution is 2.35. The van der Waals surface area contributed by atoms with E-state index in [9.17, 15) is 0 Å². The lowest BCUT2D eigenvalue weighted by atomic mass is 9.95.